The topological polar surface area (TPSA) is 87.7 Å². The van der Waals surface area contributed by atoms with Crippen LogP contribution in [0.5, 0.6) is 0 Å². The maximum absolute atomic E-state index is 12.0. The highest BCUT2D eigenvalue weighted by atomic mass is 79.9. The van der Waals surface area contributed by atoms with E-state index in [-0.39, 0.29) is 10.8 Å². The highest BCUT2D eigenvalue weighted by Gasteiger charge is 2.17. The second-order valence-corrected chi connectivity index (χ2v) is 6.21. The summed E-state index contributed by atoms with van der Waals surface area (Å²) in [6.07, 6.45) is 1.27. The smallest absolute Gasteiger partial charge is 0.280 e. The van der Waals surface area contributed by atoms with Gasteiger partial charge in [-0.15, -0.1) is 0 Å². The van der Waals surface area contributed by atoms with E-state index < -0.39 is 10.0 Å². The molecule has 0 saturated heterocycles. The number of aryl methyl sites for hydroxylation is 2. The lowest BCUT2D eigenvalue weighted by atomic mass is 10.4. The average Bonchev–Trinajstić information content (AvgIpc) is 2.71. The largest absolute Gasteiger partial charge is 0.332 e. The van der Waals surface area contributed by atoms with Crippen LogP contribution in [-0.4, -0.2) is 23.4 Å². The number of halogens is 1. The third kappa shape index (κ3) is 2.70. The molecular formula is C10H11BrN4O2S. The summed E-state index contributed by atoms with van der Waals surface area (Å²) in [6.45, 7) is 3.46. The van der Waals surface area contributed by atoms with Crippen molar-refractivity contribution < 1.29 is 8.42 Å². The average molecular weight is 331 g/mol. The van der Waals surface area contributed by atoms with Crippen molar-refractivity contribution in [3.8, 4) is 0 Å². The van der Waals surface area contributed by atoms with Crippen LogP contribution in [0.4, 0.5) is 5.82 Å². The first kappa shape index (κ1) is 13.0. The van der Waals surface area contributed by atoms with Gasteiger partial charge in [-0.2, -0.15) is 8.42 Å². The molecule has 0 radical (unpaired) electrons. The molecule has 0 amide bonds. The van der Waals surface area contributed by atoms with Crippen LogP contribution in [0, 0.1) is 13.8 Å². The van der Waals surface area contributed by atoms with E-state index in [0.717, 1.165) is 4.47 Å². The summed E-state index contributed by atoms with van der Waals surface area (Å²) in [4.78, 5) is 10.6. The molecule has 0 aromatic carbocycles. The van der Waals surface area contributed by atoms with Crippen molar-refractivity contribution in [2.24, 2.45) is 0 Å². The second-order valence-electron chi connectivity index (χ2n) is 3.70. The molecule has 2 aromatic heterocycles. The van der Waals surface area contributed by atoms with Gasteiger partial charge in [0, 0.05) is 4.47 Å². The molecule has 0 bridgehead atoms. The minimum absolute atomic E-state index is 0.0161. The summed E-state index contributed by atoms with van der Waals surface area (Å²) in [6, 6.07) is 3.32. The Labute approximate surface area is 113 Å². The van der Waals surface area contributed by atoms with Crippen molar-refractivity contribution in [1.29, 1.82) is 0 Å². The summed E-state index contributed by atoms with van der Waals surface area (Å²) in [5, 5.41) is 0.0161. The van der Waals surface area contributed by atoms with Crippen LogP contribution < -0.4 is 4.72 Å². The fourth-order valence-corrected chi connectivity index (χ4v) is 2.52. The molecule has 6 nitrogen and oxygen atoms in total. The molecule has 8 heteroatoms. The molecule has 18 heavy (non-hydrogen) atoms. The van der Waals surface area contributed by atoms with Gasteiger partial charge in [0.25, 0.3) is 10.0 Å². The highest BCUT2D eigenvalue weighted by Crippen LogP contribution is 2.18. The molecule has 2 N–H and O–H groups in total. The third-order valence-corrected chi connectivity index (χ3v) is 4.33. The number of H-pyrrole nitrogens is 1. The van der Waals surface area contributed by atoms with Crippen LogP contribution in [0.15, 0.2) is 27.8 Å². The van der Waals surface area contributed by atoms with E-state index in [4.69, 9.17) is 0 Å². The molecule has 0 aliphatic heterocycles. The van der Waals surface area contributed by atoms with Crippen molar-refractivity contribution >= 4 is 31.8 Å². The zero-order valence-corrected chi connectivity index (χ0v) is 12.1. The molecule has 2 rings (SSSR count). The monoisotopic (exact) mass is 330 g/mol. The number of rotatable bonds is 3. The fourth-order valence-electron chi connectivity index (χ4n) is 1.33. The lowest BCUT2D eigenvalue weighted by Gasteiger charge is -2.06. The van der Waals surface area contributed by atoms with E-state index in [2.05, 4.69) is 35.6 Å². The van der Waals surface area contributed by atoms with E-state index in [0.29, 0.717) is 11.5 Å². The maximum Gasteiger partial charge on any atom is 0.280 e. The lowest BCUT2D eigenvalue weighted by Crippen LogP contribution is -2.14. The van der Waals surface area contributed by atoms with Gasteiger partial charge in [-0.1, -0.05) is 0 Å². The molecule has 0 aliphatic carbocycles. The summed E-state index contributed by atoms with van der Waals surface area (Å²) < 4.78 is 27.2. The fraction of sp³-hybridized carbons (Fsp3) is 0.200. The third-order valence-electron chi connectivity index (χ3n) is 2.23. The maximum atomic E-state index is 12.0. The summed E-state index contributed by atoms with van der Waals surface area (Å²) >= 11 is 3.30. The molecular weight excluding hydrogens is 320 g/mol. The first-order valence-electron chi connectivity index (χ1n) is 5.06. The number of hydrogen-bond donors (Lipinski definition) is 2. The van der Waals surface area contributed by atoms with E-state index in [9.17, 15) is 8.42 Å². The number of nitrogens with one attached hydrogen (secondary N) is 2. The van der Waals surface area contributed by atoms with Gasteiger partial charge in [-0.25, -0.2) is 9.97 Å². The first-order valence-corrected chi connectivity index (χ1v) is 7.34. The molecule has 0 spiro atoms. The molecule has 0 unspecified atom stereocenters. The number of hydrogen-bond acceptors (Lipinski definition) is 4. The first-order chi connectivity index (χ1) is 8.38. The number of anilines is 1. The summed E-state index contributed by atoms with van der Waals surface area (Å²) in [5.41, 5.74) is 0.705. The van der Waals surface area contributed by atoms with Gasteiger partial charge in [0.2, 0.25) is 0 Å². The van der Waals surface area contributed by atoms with Gasteiger partial charge in [-0.3, -0.25) is 4.72 Å². The number of nitrogens with zero attached hydrogens (tertiary/aromatic N) is 2. The van der Waals surface area contributed by atoms with Gasteiger partial charge < -0.3 is 4.98 Å². The van der Waals surface area contributed by atoms with Crippen LogP contribution in [0.1, 0.15) is 11.5 Å². The standard InChI is InChI=1S/C10H11BrN4O2S/c1-6-8(11)3-4-9(13-6)15-18(16,17)10-5-12-7(2)14-10/h3-5H,1-2H3,(H,12,14)(H,13,15). The highest BCUT2D eigenvalue weighted by molar-refractivity contribution is 9.10. The Morgan fingerprint density at radius 2 is 2.06 bits per heavy atom. The Hall–Kier alpha value is -1.41. The Morgan fingerprint density at radius 1 is 1.33 bits per heavy atom. The van der Waals surface area contributed by atoms with Crippen LogP contribution in [-0.2, 0) is 10.0 Å². The summed E-state index contributed by atoms with van der Waals surface area (Å²) in [5.74, 6) is 0.804. The lowest BCUT2D eigenvalue weighted by molar-refractivity contribution is 0.598. The number of imidazole rings is 1. The number of aromatic nitrogens is 3. The predicted molar refractivity (Wildman–Crippen MR) is 70.8 cm³/mol. The van der Waals surface area contributed by atoms with Crippen LogP contribution in [0.3, 0.4) is 0 Å². The van der Waals surface area contributed by atoms with Gasteiger partial charge >= 0.3 is 0 Å². The molecule has 2 heterocycles. The quantitative estimate of drug-likeness (QED) is 0.900. The summed E-state index contributed by atoms with van der Waals surface area (Å²) in [7, 11) is -3.67. The SMILES string of the molecule is Cc1ncc(S(=O)(=O)Nc2ccc(Br)c(C)n2)[nH]1. The van der Waals surface area contributed by atoms with Crippen molar-refractivity contribution in [3.05, 3.63) is 34.3 Å². The van der Waals surface area contributed by atoms with Crippen LogP contribution in [0.25, 0.3) is 0 Å². The Bertz CT molecular complexity index is 681. The van der Waals surface area contributed by atoms with Crippen molar-refractivity contribution in [2.45, 2.75) is 18.9 Å². The Kier molecular flexibility index (Phi) is 3.40. The van der Waals surface area contributed by atoms with Crippen molar-refractivity contribution in [1.82, 2.24) is 15.0 Å². The molecule has 0 fully saturated rings. The van der Waals surface area contributed by atoms with E-state index >= 15 is 0 Å². The van der Waals surface area contributed by atoms with Gasteiger partial charge in [0.05, 0.1) is 11.9 Å². The Morgan fingerprint density at radius 3 is 2.61 bits per heavy atom. The minimum atomic E-state index is -3.67. The van der Waals surface area contributed by atoms with Crippen molar-refractivity contribution in [2.75, 3.05) is 4.72 Å². The molecule has 0 aliphatic rings. The van der Waals surface area contributed by atoms with Gasteiger partial charge in [0.1, 0.15) is 11.6 Å². The Balaban J connectivity index is 2.30. The van der Waals surface area contributed by atoms with Crippen LogP contribution >= 0.6 is 15.9 Å². The van der Waals surface area contributed by atoms with Gasteiger partial charge in [0.15, 0.2) is 5.03 Å². The zero-order valence-electron chi connectivity index (χ0n) is 9.73. The normalized spacial score (nSPS) is 11.5. The van der Waals surface area contributed by atoms with Gasteiger partial charge in [-0.05, 0) is 41.9 Å². The zero-order chi connectivity index (χ0) is 13.3. The molecule has 0 atom stereocenters. The predicted octanol–water partition coefficient (Wildman–Crippen LogP) is 1.98. The van der Waals surface area contributed by atoms with E-state index in [1.54, 1.807) is 26.0 Å². The van der Waals surface area contributed by atoms with Crippen LogP contribution in [0.2, 0.25) is 0 Å². The molecule has 0 saturated carbocycles. The number of sulfonamides is 1. The minimum Gasteiger partial charge on any atom is -0.332 e. The van der Waals surface area contributed by atoms with E-state index in [1.807, 2.05) is 0 Å². The number of pyridine rings is 1. The molecule has 96 valence electrons. The molecule has 2 aromatic rings. The second kappa shape index (κ2) is 4.69. The number of aromatic amines is 1. The van der Waals surface area contributed by atoms with E-state index in [1.165, 1.54) is 6.20 Å². The van der Waals surface area contributed by atoms with Crippen molar-refractivity contribution in [3.63, 3.8) is 0 Å².